The van der Waals surface area contributed by atoms with Gasteiger partial charge in [-0.1, -0.05) is 36.4 Å². The fourth-order valence-corrected chi connectivity index (χ4v) is 2.09. The van der Waals surface area contributed by atoms with E-state index in [2.05, 4.69) is 4.98 Å². The minimum atomic E-state index is -0.0878. The average molecular weight is 289 g/mol. The van der Waals surface area contributed by atoms with Gasteiger partial charge in [0.1, 0.15) is 18.1 Å². The number of ether oxygens (including phenoxy) is 1. The Labute approximate surface area is 129 Å². The summed E-state index contributed by atoms with van der Waals surface area (Å²) in [5.41, 5.74) is 2.15. The van der Waals surface area contributed by atoms with E-state index in [1.165, 1.54) is 0 Å². The van der Waals surface area contributed by atoms with Crippen molar-refractivity contribution in [2.75, 3.05) is 0 Å². The van der Waals surface area contributed by atoms with Crippen LogP contribution in [0.1, 0.15) is 21.6 Å². The Morgan fingerprint density at radius 3 is 2.27 bits per heavy atom. The van der Waals surface area contributed by atoms with Crippen LogP contribution in [0.2, 0.25) is 0 Å². The number of ketones is 1. The summed E-state index contributed by atoms with van der Waals surface area (Å²) in [7, 11) is 0. The second kappa shape index (κ2) is 6.68. The summed E-state index contributed by atoms with van der Waals surface area (Å²) in [6.07, 6.45) is 1.62. The van der Waals surface area contributed by atoms with Crippen molar-refractivity contribution in [1.29, 1.82) is 0 Å². The first-order valence-electron chi connectivity index (χ1n) is 7.05. The standard InChI is InChI=1S/C19H15NO2/c21-19(18-8-4-5-13-20-18)16-9-11-17(12-10-16)22-14-15-6-2-1-3-7-15/h1-13H,14H2. The van der Waals surface area contributed by atoms with Gasteiger partial charge in [-0.3, -0.25) is 9.78 Å². The maximum absolute atomic E-state index is 12.2. The monoisotopic (exact) mass is 289 g/mol. The van der Waals surface area contributed by atoms with E-state index in [4.69, 9.17) is 4.74 Å². The zero-order chi connectivity index (χ0) is 15.2. The Morgan fingerprint density at radius 2 is 1.59 bits per heavy atom. The van der Waals surface area contributed by atoms with Crippen LogP contribution in [-0.2, 0) is 6.61 Å². The van der Waals surface area contributed by atoms with E-state index in [-0.39, 0.29) is 5.78 Å². The highest BCUT2D eigenvalue weighted by Gasteiger charge is 2.09. The number of carbonyl (C=O) groups is 1. The Kier molecular flexibility index (Phi) is 4.25. The largest absolute Gasteiger partial charge is 0.489 e. The fourth-order valence-electron chi connectivity index (χ4n) is 2.09. The summed E-state index contributed by atoms with van der Waals surface area (Å²) in [4.78, 5) is 16.3. The molecule has 2 aromatic carbocycles. The Hall–Kier alpha value is -2.94. The number of hydrogen-bond donors (Lipinski definition) is 0. The van der Waals surface area contributed by atoms with Crippen molar-refractivity contribution in [2.24, 2.45) is 0 Å². The molecule has 22 heavy (non-hydrogen) atoms. The van der Waals surface area contributed by atoms with Crippen molar-refractivity contribution in [3.63, 3.8) is 0 Å². The highest BCUT2D eigenvalue weighted by Crippen LogP contribution is 2.16. The summed E-state index contributed by atoms with van der Waals surface area (Å²) < 4.78 is 5.71. The number of hydrogen-bond acceptors (Lipinski definition) is 3. The highest BCUT2D eigenvalue weighted by atomic mass is 16.5. The molecule has 0 saturated heterocycles. The fraction of sp³-hybridized carbons (Fsp3) is 0.0526. The van der Waals surface area contributed by atoms with Crippen molar-refractivity contribution in [2.45, 2.75) is 6.61 Å². The molecule has 0 aliphatic rings. The van der Waals surface area contributed by atoms with Crippen LogP contribution in [0.25, 0.3) is 0 Å². The zero-order valence-corrected chi connectivity index (χ0v) is 12.0. The van der Waals surface area contributed by atoms with E-state index in [1.54, 1.807) is 48.7 Å². The van der Waals surface area contributed by atoms with Gasteiger partial charge in [0.2, 0.25) is 5.78 Å². The van der Waals surface area contributed by atoms with Crippen LogP contribution in [0.15, 0.2) is 79.0 Å². The lowest BCUT2D eigenvalue weighted by Gasteiger charge is -2.07. The van der Waals surface area contributed by atoms with E-state index in [9.17, 15) is 4.79 Å². The van der Waals surface area contributed by atoms with Gasteiger partial charge in [-0.15, -0.1) is 0 Å². The molecule has 0 aliphatic heterocycles. The molecule has 0 unspecified atom stereocenters. The molecule has 0 N–H and O–H groups in total. The molecule has 108 valence electrons. The van der Waals surface area contributed by atoms with E-state index in [1.807, 2.05) is 30.3 Å². The molecule has 1 heterocycles. The van der Waals surface area contributed by atoms with Gasteiger partial charge < -0.3 is 4.74 Å². The number of pyridine rings is 1. The molecule has 3 rings (SSSR count). The van der Waals surface area contributed by atoms with Crippen LogP contribution >= 0.6 is 0 Å². The number of carbonyl (C=O) groups excluding carboxylic acids is 1. The maximum Gasteiger partial charge on any atom is 0.211 e. The van der Waals surface area contributed by atoms with E-state index in [0.29, 0.717) is 17.9 Å². The van der Waals surface area contributed by atoms with E-state index < -0.39 is 0 Å². The van der Waals surface area contributed by atoms with Crippen LogP contribution in [-0.4, -0.2) is 10.8 Å². The van der Waals surface area contributed by atoms with E-state index in [0.717, 1.165) is 11.3 Å². The molecule has 3 aromatic rings. The lowest BCUT2D eigenvalue weighted by Crippen LogP contribution is -2.03. The molecule has 0 saturated carbocycles. The van der Waals surface area contributed by atoms with Gasteiger partial charge in [0.05, 0.1) is 0 Å². The molecule has 0 atom stereocenters. The molecule has 0 spiro atoms. The summed E-state index contributed by atoms with van der Waals surface area (Å²) >= 11 is 0. The summed E-state index contributed by atoms with van der Waals surface area (Å²) in [5.74, 6) is 0.650. The number of nitrogens with zero attached hydrogens (tertiary/aromatic N) is 1. The summed E-state index contributed by atoms with van der Waals surface area (Å²) in [5, 5.41) is 0. The topological polar surface area (TPSA) is 39.2 Å². The third-order valence-electron chi connectivity index (χ3n) is 3.26. The molecule has 0 bridgehead atoms. The van der Waals surface area contributed by atoms with Crippen LogP contribution in [0, 0.1) is 0 Å². The zero-order valence-electron chi connectivity index (χ0n) is 12.0. The molecule has 3 heteroatoms. The third-order valence-corrected chi connectivity index (χ3v) is 3.26. The van der Waals surface area contributed by atoms with Gasteiger partial charge in [0.15, 0.2) is 0 Å². The van der Waals surface area contributed by atoms with Gasteiger partial charge >= 0.3 is 0 Å². The first-order chi connectivity index (χ1) is 10.8. The SMILES string of the molecule is O=C(c1ccc(OCc2ccccc2)cc1)c1ccccn1. The Balaban J connectivity index is 1.67. The molecule has 0 radical (unpaired) electrons. The van der Waals surface area contributed by atoms with Crippen LogP contribution in [0.5, 0.6) is 5.75 Å². The van der Waals surface area contributed by atoms with Gasteiger partial charge in [-0.05, 0) is 42.0 Å². The maximum atomic E-state index is 12.2. The predicted molar refractivity (Wildman–Crippen MR) is 84.9 cm³/mol. The Morgan fingerprint density at radius 1 is 0.864 bits per heavy atom. The van der Waals surface area contributed by atoms with Crippen molar-refractivity contribution >= 4 is 5.78 Å². The lowest BCUT2D eigenvalue weighted by molar-refractivity contribution is 0.103. The number of benzene rings is 2. The summed E-state index contributed by atoms with van der Waals surface area (Å²) in [6, 6.07) is 22.4. The predicted octanol–water partition coefficient (Wildman–Crippen LogP) is 3.89. The smallest absolute Gasteiger partial charge is 0.211 e. The molecular formula is C19H15NO2. The summed E-state index contributed by atoms with van der Waals surface area (Å²) in [6.45, 7) is 0.508. The molecule has 1 aromatic heterocycles. The second-order valence-corrected chi connectivity index (χ2v) is 4.84. The van der Waals surface area contributed by atoms with Crippen LogP contribution < -0.4 is 4.74 Å². The van der Waals surface area contributed by atoms with Crippen molar-refractivity contribution in [3.8, 4) is 5.75 Å². The molecule has 0 amide bonds. The third kappa shape index (κ3) is 3.38. The van der Waals surface area contributed by atoms with E-state index >= 15 is 0 Å². The quantitative estimate of drug-likeness (QED) is 0.669. The molecular weight excluding hydrogens is 274 g/mol. The minimum Gasteiger partial charge on any atom is -0.489 e. The first-order valence-corrected chi connectivity index (χ1v) is 7.05. The highest BCUT2D eigenvalue weighted by molar-refractivity contribution is 6.07. The molecule has 3 nitrogen and oxygen atoms in total. The second-order valence-electron chi connectivity index (χ2n) is 4.84. The number of aromatic nitrogens is 1. The van der Waals surface area contributed by atoms with Gasteiger partial charge in [0.25, 0.3) is 0 Å². The number of rotatable bonds is 5. The first kappa shape index (κ1) is 14.0. The van der Waals surface area contributed by atoms with Gasteiger partial charge in [-0.25, -0.2) is 0 Å². The normalized spacial score (nSPS) is 10.2. The van der Waals surface area contributed by atoms with Crippen molar-refractivity contribution in [3.05, 3.63) is 95.8 Å². The molecule has 0 fully saturated rings. The Bertz CT molecular complexity index is 737. The average Bonchev–Trinajstić information content (AvgIpc) is 2.61. The van der Waals surface area contributed by atoms with Crippen LogP contribution in [0.3, 0.4) is 0 Å². The lowest BCUT2D eigenvalue weighted by atomic mass is 10.1. The van der Waals surface area contributed by atoms with Crippen molar-refractivity contribution in [1.82, 2.24) is 4.98 Å². The van der Waals surface area contributed by atoms with Gasteiger partial charge in [0, 0.05) is 11.8 Å². The molecule has 0 aliphatic carbocycles. The van der Waals surface area contributed by atoms with Crippen LogP contribution in [0.4, 0.5) is 0 Å². The van der Waals surface area contributed by atoms with Crippen molar-refractivity contribution < 1.29 is 9.53 Å². The minimum absolute atomic E-state index is 0.0878. The van der Waals surface area contributed by atoms with Gasteiger partial charge in [-0.2, -0.15) is 0 Å².